The molecule has 2 aromatic rings. The number of halogens is 1. The summed E-state index contributed by atoms with van der Waals surface area (Å²) in [7, 11) is 0. The van der Waals surface area contributed by atoms with Gasteiger partial charge in [-0.15, -0.1) is 0 Å². The van der Waals surface area contributed by atoms with Gasteiger partial charge in [-0.1, -0.05) is 12.1 Å². The van der Waals surface area contributed by atoms with Gasteiger partial charge >= 0.3 is 0 Å². The highest BCUT2D eigenvalue weighted by atomic mass is 32.2. The summed E-state index contributed by atoms with van der Waals surface area (Å²) in [5, 5.41) is 12.5. The maximum atomic E-state index is 12.8. The average molecular weight is 314 g/mol. The van der Waals surface area contributed by atoms with E-state index in [1.165, 1.54) is 36.0 Å². The van der Waals surface area contributed by atoms with Gasteiger partial charge in [-0.25, -0.2) is 9.38 Å². The first-order valence-electron chi connectivity index (χ1n) is 6.44. The fourth-order valence-corrected chi connectivity index (χ4v) is 2.72. The van der Waals surface area contributed by atoms with Crippen LogP contribution in [-0.4, -0.2) is 16.2 Å². The SMILES string of the molecule is O=C1NC(=Nc2ccc(F)cc2)SC1=Cc1cccc(O)c1. The molecular formula is C16H11FN2O2S. The zero-order valence-corrected chi connectivity index (χ0v) is 12.1. The van der Waals surface area contributed by atoms with E-state index in [9.17, 15) is 14.3 Å². The summed E-state index contributed by atoms with van der Waals surface area (Å²) >= 11 is 1.19. The second-order valence-corrected chi connectivity index (χ2v) is 5.58. The molecule has 3 rings (SSSR count). The van der Waals surface area contributed by atoms with Crippen molar-refractivity contribution in [2.75, 3.05) is 0 Å². The van der Waals surface area contributed by atoms with E-state index in [4.69, 9.17) is 0 Å². The number of hydrogen-bond acceptors (Lipinski definition) is 4. The number of amidine groups is 1. The molecule has 1 fully saturated rings. The Balaban J connectivity index is 1.82. The molecule has 1 aliphatic rings. The largest absolute Gasteiger partial charge is 0.508 e. The summed E-state index contributed by atoms with van der Waals surface area (Å²) in [6.07, 6.45) is 1.67. The van der Waals surface area contributed by atoms with Crippen molar-refractivity contribution in [1.29, 1.82) is 0 Å². The number of carbonyl (C=O) groups excluding carboxylic acids is 1. The molecule has 1 amide bonds. The predicted molar refractivity (Wildman–Crippen MR) is 85.3 cm³/mol. The quantitative estimate of drug-likeness (QED) is 0.835. The number of amides is 1. The first kappa shape index (κ1) is 14.3. The van der Waals surface area contributed by atoms with Gasteiger partial charge in [0.25, 0.3) is 5.91 Å². The van der Waals surface area contributed by atoms with Crippen LogP contribution in [-0.2, 0) is 4.79 Å². The highest BCUT2D eigenvalue weighted by Gasteiger charge is 2.23. The Morgan fingerprint density at radius 1 is 1.18 bits per heavy atom. The van der Waals surface area contributed by atoms with Crippen LogP contribution in [0, 0.1) is 5.82 Å². The van der Waals surface area contributed by atoms with Crippen LogP contribution in [0.15, 0.2) is 58.4 Å². The first-order chi connectivity index (χ1) is 10.6. The number of aromatic hydroxyl groups is 1. The molecule has 0 spiro atoms. The van der Waals surface area contributed by atoms with E-state index in [0.29, 0.717) is 15.8 Å². The van der Waals surface area contributed by atoms with Gasteiger partial charge in [-0.3, -0.25) is 4.79 Å². The van der Waals surface area contributed by atoms with Gasteiger partial charge in [0.2, 0.25) is 0 Å². The Labute approximate surface area is 130 Å². The number of rotatable bonds is 2. The molecule has 22 heavy (non-hydrogen) atoms. The molecule has 0 aliphatic carbocycles. The van der Waals surface area contributed by atoms with Crippen LogP contribution in [0.25, 0.3) is 6.08 Å². The number of carbonyl (C=O) groups is 1. The fourth-order valence-electron chi connectivity index (χ4n) is 1.88. The highest BCUT2D eigenvalue weighted by Crippen LogP contribution is 2.28. The van der Waals surface area contributed by atoms with E-state index in [0.717, 1.165) is 5.56 Å². The van der Waals surface area contributed by atoms with Crippen molar-refractivity contribution in [3.8, 4) is 5.75 Å². The summed E-state index contributed by atoms with van der Waals surface area (Å²) in [6, 6.07) is 12.3. The number of thioether (sulfide) groups is 1. The van der Waals surface area contributed by atoms with Crippen molar-refractivity contribution >= 4 is 34.6 Å². The third-order valence-corrected chi connectivity index (χ3v) is 3.79. The second kappa shape index (κ2) is 6.03. The third kappa shape index (κ3) is 3.35. The van der Waals surface area contributed by atoms with Crippen molar-refractivity contribution in [2.45, 2.75) is 0 Å². The van der Waals surface area contributed by atoms with Gasteiger partial charge in [0.15, 0.2) is 5.17 Å². The minimum absolute atomic E-state index is 0.137. The molecule has 0 atom stereocenters. The van der Waals surface area contributed by atoms with Crippen molar-refractivity contribution in [3.63, 3.8) is 0 Å². The van der Waals surface area contributed by atoms with Crippen LogP contribution < -0.4 is 5.32 Å². The Bertz CT molecular complexity index is 785. The molecule has 0 unspecified atom stereocenters. The minimum Gasteiger partial charge on any atom is -0.508 e. The Morgan fingerprint density at radius 3 is 2.68 bits per heavy atom. The van der Waals surface area contributed by atoms with Crippen LogP contribution >= 0.6 is 11.8 Å². The molecule has 0 bridgehead atoms. The number of nitrogens with zero attached hydrogens (tertiary/aromatic N) is 1. The standard InChI is InChI=1S/C16H11FN2O2S/c17-11-4-6-12(7-5-11)18-16-19-15(21)14(22-16)9-10-2-1-3-13(20)8-10/h1-9,20H,(H,18,19,21). The first-order valence-corrected chi connectivity index (χ1v) is 7.26. The molecule has 4 nitrogen and oxygen atoms in total. The molecule has 2 aromatic carbocycles. The average Bonchev–Trinajstić information content (AvgIpc) is 2.81. The number of phenols is 1. The van der Waals surface area contributed by atoms with E-state index >= 15 is 0 Å². The van der Waals surface area contributed by atoms with Crippen molar-refractivity contribution in [3.05, 3.63) is 64.8 Å². The Kier molecular flexibility index (Phi) is 3.93. The molecule has 6 heteroatoms. The lowest BCUT2D eigenvalue weighted by atomic mass is 10.2. The van der Waals surface area contributed by atoms with Crippen LogP contribution in [0.1, 0.15) is 5.56 Å². The number of hydrogen-bond donors (Lipinski definition) is 2. The minimum atomic E-state index is -0.337. The number of nitrogens with one attached hydrogen (secondary N) is 1. The van der Waals surface area contributed by atoms with Gasteiger partial charge < -0.3 is 10.4 Å². The van der Waals surface area contributed by atoms with E-state index in [1.54, 1.807) is 30.3 Å². The molecular weight excluding hydrogens is 303 g/mol. The molecule has 2 N–H and O–H groups in total. The van der Waals surface area contributed by atoms with Gasteiger partial charge in [0.1, 0.15) is 11.6 Å². The molecule has 110 valence electrons. The van der Waals surface area contributed by atoms with Gasteiger partial charge in [0, 0.05) is 0 Å². The summed E-state index contributed by atoms with van der Waals surface area (Å²) in [5.41, 5.74) is 1.28. The molecule has 0 saturated carbocycles. The number of phenolic OH excluding ortho intramolecular Hbond substituents is 1. The third-order valence-electron chi connectivity index (χ3n) is 2.88. The summed E-state index contributed by atoms with van der Waals surface area (Å²) in [4.78, 5) is 16.6. The zero-order chi connectivity index (χ0) is 15.5. The molecule has 1 saturated heterocycles. The van der Waals surface area contributed by atoms with E-state index in [-0.39, 0.29) is 17.5 Å². The maximum absolute atomic E-state index is 12.8. The fraction of sp³-hybridized carbons (Fsp3) is 0. The number of benzene rings is 2. The smallest absolute Gasteiger partial charge is 0.264 e. The van der Waals surface area contributed by atoms with E-state index in [2.05, 4.69) is 10.3 Å². The molecule has 0 aromatic heterocycles. The lowest BCUT2D eigenvalue weighted by Crippen LogP contribution is -2.19. The lowest BCUT2D eigenvalue weighted by molar-refractivity contribution is -0.115. The van der Waals surface area contributed by atoms with Crippen LogP contribution in [0.4, 0.5) is 10.1 Å². The summed E-state index contributed by atoms with van der Waals surface area (Å²) in [6.45, 7) is 0. The van der Waals surface area contributed by atoms with Crippen LogP contribution in [0.3, 0.4) is 0 Å². The molecule has 0 radical (unpaired) electrons. The van der Waals surface area contributed by atoms with Crippen LogP contribution in [0.2, 0.25) is 0 Å². The lowest BCUT2D eigenvalue weighted by Gasteiger charge is -1.96. The highest BCUT2D eigenvalue weighted by molar-refractivity contribution is 8.18. The Hall–Kier alpha value is -2.60. The van der Waals surface area contributed by atoms with Crippen molar-refractivity contribution in [2.24, 2.45) is 4.99 Å². The summed E-state index contributed by atoms with van der Waals surface area (Å²) < 4.78 is 12.8. The van der Waals surface area contributed by atoms with Gasteiger partial charge in [-0.2, -0.15) is 0 Å². The maximum Gasteiger partial charge on any atom is 0.264 e. The van der Waals surface area contributed by atoms with Crippen molar-refractivity contribution in [1.82, 2.24) is 5.32 Å². The van der Waals surface area contributed by atoms with Gasteiger partial charge in [0.05, 0.1) is 10.6 Å². The van der Waals surface area contributed by atoms with Crippen molar-refractivity contribution < 1.29 is 14.3 Å². The van der Waals surface area contributed by atoms with Crippen LogP contribution in [0.5, 0.6) is 5.75 Å². The summed E-state index contributed by atoms with van der Waals surface area (Å²) in [5.74, 6) is -0.455. The predicted octanol–water partition coefficient (Wildman–Crippen LogP) is 3.42. The zero-order valence-electron chi connectivity index (χ0n) is 11.3. The van der Waals surface area contributed by atoms with E-state index in [1.807, 2.05) is 0 Å². The number of aliphatic imine (C=N–C) groups is 1. The molecule has 1 heterocycles. The second-order valence-electron chi connectivity index (χ2n) is 4.55. The topological polar surface area (TPSA) is 61.7 Å². The normalized spacial score (nSPS) is 18.0. The Morgan fingerprint density at radius 2 is 1.95 bits per heavy atom. The van der Waals surface area contributed by atoms with E-state index < -0.39 is 0 Å². The monoisotopic (exact) mass is 314 g/mol. The van der Waals surface area contributed by atoms with Gasteiger partial charge in [-0.05, 0) is 59.8 Å². The molecule has 1 aliphatic heterocycles.